The summed E-state index contributed by atoms with van der Waals surface area (Å²) in [7, 11) is 3.02. The molecule has 1 aromatic heterocycles. The number of hydrogen-bond donors (Lipinski definition) is 0. The van der Waals surface area contributed by atoms with E-state index in [9.17, 15) is 4.79 Å². The number of nitrogens with zero attached hydrogens (tertiary/aromatic N) is 2. The van der Waals surface area contributed by atoms with Gasteiger partial charge in [-0.3, -0.25) is 4.79 Å². The molecule has 0 spiro atoms. The fourth-order valence-corrected chi connectivity index (χ4v) is 4.50. The molecule has 29 heavy (non-hydrogen) atoms. The SMILES string of the molecule is C#CCn1c(=NC(=O)c2c(OC)cccc2OC)sc2c3ccccc3ccc21. The van der Waals surface area contributed by atoms with E-state index < -0.39 is 5.91 Å². The van der Waals surface area contributed by atoms with E-state index in [0.29, 0.717) is 22.8 Å². The van der Waals surface area contributed by atoms with E-state index in [-0.39, 0.29) is 5.56 Å². The molecule has 0 radical (unpaired) electrons. The van der Waals surface area contributed by atoms with Gasteiger partial charge in [0.25, 0.3) is 5.91 Å². The van der Waals surface area contributed by atoms with Gasteiger partial charge in [-0.25, -0.2) is 0 Å². The minimum atomic E-state index is -0.444. The predicted molar refractivity (Wildman–Crippen MR) is 116 cm³/mol. The first-order valence-corrected chi connectivity index (χ1v) is 9.74. The molecule has 0 atom stereocenters. The molecule has 0 fully saturated rings. The number of thiazole rings is 1. The molecular weight excluding hydrogens is 384 g/mol. The second-order valence-corrected chi connectivity index (χ2v) is 7.24. The molecule has 1 amide bonds. The summed E-state index contributed by atoms with van der Waals surface area (Å²) in [6.07, 6.45) is 5.59. The van der Waals surface area contributed by atoms with Crippen molar-refractivity contribution < 1.29 is 14.3 Å². The van der Waals surface area contributed by atoms with Crippen molar-refractivity contribution in [2.75, 3.05) is 14.2 Å². The van der Waals surface area contributed by atoms with Crippen LogP contribution in [0.5, 0.6) is 11.5 Å². The number of fused-ring (bicyclic) bond motifs is 3. The lowest BCUT2D eigenvalue weighted by Gasteiger charge is -2.09. The van der Waals surface area contributed by atoms with Crippen LogP contribution in [0, 0.1) is 12.3 Å². The standard InChI is InChI=1S/C23H18N2O3S/c1-4-14-25-17-13-12-15-8-5-6-9-16(15)21(17)29-23(25)24-22(26)20-18(27-2)10-7-11-19(20)28-3/h1,5-13H,14H2,2-3H3. The second-order valence-electron chi connectivity index (χ2n) is 6.26. The first-order valence-electron chi connectivity index (χ1n) is 8.92. The molecule has 0 saturated carbocycles. The number of benzene rings is 3. The van der Waals surface area contributed by atoms with Crippen LogP contribution in [-0.4, -0.2) is 24.7 Å². The summed E-state index contributed by atoms with van der Waals surface area (Å²) in [5.41, 5.74) is 1.23. The van der Waals surface area contributed by atoms with Gasteiger partial charge in [0.05, 0.1) is 31.0 Å². The molecule has 0 N–H and O–H groups in total. The molecule has 0 unspecified atom stereocenters. The molecule has 0 bridgehead atoms. The third-order valence-electron chi connectivity index (χ3n) is 4.66. The van der Waals surface area contributed by atoms with Gasteiger partial charge in [-0.1, -0.05) is 53.7 Å². The Morgan fingerprint density at radius 1 is 1.07 bits per heavy atom. The Kier molecular flexibility index (Phi) is 5.07. The Balaban J connectivity index is 1.97. The van der Waals surface area contributed by atoms with Gasteiger partial charge in [0.2, 0.25) is 0 Å². The Morgan fingerprint density at radius 2 is 1.79 bits per heavy atom. The highest BCUT2D eigenvalue weighted by molar-refractivity contribution is 7.17. The summed E-state index contributed by atoms with van der Waals surface area (Å²) in [5, 5.41) is 2.22. The zero-order chi connectivity index (χ0) is 20.4. The Bertz CT molecular complexity index is 1320. The predicted octanol–water partition coefficient (Wildman–Crippen LogP) is 4.25. The van der Waals surface area contributed by atoms with Crippen molar-refractivity contribution in [3.8, 4) is 23.8 Å². The van der Waals surface area contributed by atoms with Crippen molar-refractivity contribution >= 4 is 38.2 Å². The highest BCUT2D eigenvalue weighted by Crippen LogP contribution is 2.30. The second kappa shape index (κ2) is 7.82. The van der Waals surface area contributed by atoms with E-state index in [1.165, 1.54) is 25.6 Å². The quantitative estimate of drug-likeness (QED) is 0.480. The van der Waals surface area contributed by atoms with Gasteiger partial charge in [0.1, 0.15) is 17.1 Å². The Morgan fingerprint density at radius 3 is 2.48 bits per heavy atom. The van der Waals surface area contributed by atoms with Gasteiger partial charge in [-0.05, 0) is 23.6 Å². The van der Waals surface area contributed by atoms with Crippen LogP contribution in [0.4, 0.5) is 0 Å². The van der Waals surface area contributed by atoms with E-state index in [4.69, 9.17) is 15.9 Å². The summed E-state index contributed by atoms with van der Waals surface area (Å²) in [5.74, 6) is 3.03. The van der Waals surface area contributed by atoms with E-state index >= 15 is 0 Å². The zero-order valence-corrected chi connectivity index (χ0v) is 16.8. The van der Waals surface area contributed by atoms with Crippen molar-refractivity contribution in [2.45, 2.75) is 6.54 Å². The van der Waals surface area contributed by atoms with E-state index in [2.05, 4.69) is 23.0 Å². The molecule has 3 aromatic carbocycles. The maximum absolute atomic E-state index is 13.1. The highest BCUT2D eigenvalue weighted by Gasteiger charge is 2.18. The van der Waals surface area contributed by atoms with Crippen LogP contribution in [0.2, 0.25) is 0 Å². The highest BCUT2D eigenvalue weighted by atomic mass is 32.1. The van der Waals surface area contributed by atoms with Gasteiger partial charge in [-0.15, -0.1) is 6.42 Å². The van der Waals surface area contributed by atoms with Crippen LogP contribution in [0.3, 0.4) is 0 Å². The minimum Gasteiger partial charge on any atom is -0.496 e. The summed E-state index contributed by atoms with van der Waals surface area (Å²) >= 11 is 1.44. The fraction of sp³-hybridized carbons (Fsp3) is 0.130. The van der Waals surface area contributed by atoms with Crippen molar-refractivity contribution in [3.63, 3.8) is 0 Å². The van der Waals surface area contributed by atoms with Crippen LogP contribution < -0.4 is 14.3 Å². The summed E-state index contributed by atoms with van der Waals surface area (Å²) < 4.78 is 13.6. The van der Waals surface area contributed by atoms with Crippen molar-refractivity contribution in [2.24, 2.45) is 4.99 Å². The van der Waals surface area contributed by atoms with E-state index in [0.717, 1.165) is 21.0 Å². The molecule has 0 saturated heterocycles. The van der Waals surface area contributed by atoms with Crippen molar-refractivity contribution in [1.29, 1.82) is 0 Å². The number of hydrogen-bond acceptors (Lipinski definition) is 4. The number of methoxy groups -OCH3 is 2. The first kappa shape index (κ1) is 18.8. The topological polar surface area (TPSA) is 52.8 Å². The first-order chi connectivity index (χ1) is 14.2. The number of aromatic nitrogens is 1. The van der Waals surface area contributed by atoms with Gasteiger partial charge in [-0.2, -0.15) is 4.99 Å². The molecular formula is C23H18N2O3S. The summed E-state index contributed by atoms with van der Waals surface area (Å²) in [6, 6.07) is 17.3. The number of carbonyl (C=O) groups is 1. The van der Waals surface area contributed by atoms with Gasteiger partial charge in [0, 0.05) is 5.39 Å². The monoisotopic (exact) mass is 402 g/mol. The summed E-state index contributed by atoms with van der Waals surface area (Å²) in [4.78, 5) is 18.0. The Hall–Kier alpha value is -3.56. The molecule has 4 rings (SSSR count). The molecule has 0 aliphatic rings. The van der Waals surface area contributed by atoms with Crippen LogP contribution in [0.1, 0.15) is 10.4 Å². The van der Waals surface area contributed by atoms with Gasteiger partial charge < -0.3 is 14.0 Å². The maximum Gasteiger partial charge on any atom is 0.287 e. The van der Waals surface area contributed by atoms with Crippen LogP contribution in [0.25, 0.3) is 21.0 Å². The average molecular weight is 402 g/mol. The molecule has 5 nitrogen and oxygen atoms in total. The molecule has 144 valence electrons. The third-order valence-corrected chi connectivity index (χ3v) is 5.79. The Labute approximate surface area is 171 Å². The molecule has 6 heteroatoms. The lowest BCUT2D eigenvalue weighted by atomic mass is 10.1. The lowest BCUT2D eigenvalue weighted by Crippen LogP contribution is -2.17. The van der Waals surface area contributed by atoms with Crippen LogP contribution in [-0.2, 0) is 6.54 Å². The number of ether oxygens (including phenoxy) is 2. The van der Waals surface area contributed by atoms with Crippen molar-refractivity contribution in [1.82, 2.24) is 4.57 Å². The van der Waals surface area contributed by atoms with Crippen LogP contribution >= 0.6 is 11.3 Å². The zero-order valence-electron chi connectivity index (χ0n) is 16.0. The minimum absolute atomic E-state index is 0.284. The van der Waals surface area contributed by atoms with Crippen molar-refractivity contribution in [3.05, 3.63) is 65.0 Å². The maximum atomic E-state index is 13.1. The summed E-state index contributed by atoms with van der Waals surface area (Å²) in [6.45, 7) is 0.313. The average Bonchev–Trinajstić information content (AvgIpc) is 3.10. The van der Waals surface area contributed by atoms with Gasteiger partial charge >= 0.3 is 0 Å². The third kappa shape index (κ3) is 3.26. The molecule has 0 aliphatic carbocycles. The van der Waals surface area contributed by atoms with E-state index in [1.54, 1.807) is 18.2 Å². The normalized spacial score (nSPS) is 11.6. The van der Waals surface area contributed by atoms with E-state index in [1.807, 2.05) is 28.8 Å². The lowest BCUT2D eigenvalue weighted by molar-refractivity contribution is 0.0992. The number of terminal acetylenes is 1. The number of rotatable bonds is 4. The molecule has 1 heterocycles. The molecule has 4 aromatic rings. The number of amides is 1. The van der Waals surface area contributed by atoms with Crippen LogP contribution in [0.15, 0.2) is 59.6 Å². The molecule has 0 aliphatic heterocycles. The smallest absolute Gasteiger partial charge is 0.287 e. The number of carbonyl (C=O) groups excluding carboxylic acids is 1. The largest absolute Gasteiger partial charge is 0.496 e. The fourth-order valence-electron chi connectivity index (χ4n) is 3.33. The van der Waals surface area contributed by atoms with Gasteiger partial charge in [0.15, 0.2) is 4.80 Å².